The van der Waals surface area contributed by atoms with Crippen molar-refractivity contribution >= 4 is 17.7 Å². The van der Waals surface area contributed by atoms with Crippen LogP contribution in [0.3, 0.4) is 0 Å². The van der Waals surface area contributed by atoms with Gasteiger partial charge in [0.25, 0.3) is 0 Å². The second-order valence-corrected chi connectivity index (χ2v) is 8.75. The molecule has 1 aliphatic heterocycles. The lowest BCUT2D eigenvalue weighted by Gasteiger charge is -2.16. The molecule has 1 saturated heterocycles. The Kier molecular flexibility index (Phi) is 7.36. The molecular formula is C21H30N4O2S. The quantitative estimate of drug-likeness (QED) is 0.727. The summed E-state index contributed by atoms with van der Waals surface area (Å²) in [4.78, 5) is 12.3. The first-order chi connectivity index (χ1) is 13.6. The van der Waals surface area contributed by atoms with E-state index in [0.717, 1.165) is 55.5 Å². The highest BCUT2D eigenvalue weighted by Gasteiger charge is 2.25. The lowest BCUT2D eigenvalue weighted by Crippen LogP contribution is -2.31. The van der Waals surface area contributed by atoms with Crippen molar-refractivity contribution in [2.45, 2.75) is 70.0 Å². The van der Waals surface area contributed by atoms with E-state index in [-0.39, 0.29) is 11.2 Å². The van der Waals surface area contributed by atoms with Crippen LogP contribution in [0.5, 0.6) is 5.75 Å². The summed E-state index contributed by atoms with van der Waals surface area (Å²) < 4.78 is 8.05. The van der Waals surface area contributed by atoms with Gasteiger partial charge in [-0.15, -0.1) is 10.2 Å². The normalized spacial score (nSPS) is 17.4. The highest BCUT2D eigenvalue weighted by atomic mass is 32.2. The third-order valence-corrected chi connectivity index (χ3v) is 6.02. The zero-order valence-electron chi connectivity index (χ0n) is 17.0. The maximum Gasteiger partial charge on any atom is 0.233 e. The average Bonchev–Trinajstić information content (AvgIpc) is 2.93. The van der Waals surface area contributed by atoms with Crippen molar-refractivity contribution in [3.63, 3.8) is 0 Å². The third kappa shape index (κ3) is 5.50. The summed E-state index contributed by atoms with van der Waals surface area (Å²) >= 11 is 1.52. The molecule has 152 valence electrons. The largest absolute Gasteiger partial charge is 0.486 e. The number of hydrogen-bond acceptors (Lipinski definition) is 5. The predicted octanol–water partition coefficient (Wildman–Crippen LogP) is 3.84. The van der Waals surface area contributed by atoms with E-state index in [1.807, 2.05) is 12.1 Å². The van der Waals surface area contributed by atoms with Crippen LogP contribution in [0.15, 0.2) is 29.4 Å². The molecule has 28 heavy (non-hydrogen) atoms. The molecular weight excluding hydrogens is 372 g/mol. The van der Waals surface area contributed by atoms with Crippen molar-refractivity contribution in [2.24, 2.45) is 5.92 Å². The lowest BCUT2D eigenvalue weighted by atomic mass is 10.2. The maximum atomic E-state index is 12.3. The number of nitrogens with one attached hydrogen (secondary N) is 1. The fourth-order valence-electron chi connectivity index (χ4n) is 3.18. The van der Waals surface area contributed by atoms with Crippen LogP contribution >= 0.6 is 11.8 Å². The van der Waals surface area contributed by atoms with Crippen LogP contribution in [0, 0.1) is 5.92 Å². The van der Waals surface area contributed by atoms with E-state index in [1.54, 1.807) is 0 Å². The van der Waals surface area contributed by atoms with Crippen LogP contribution in [0.4, 0.5) is 0 Å². The summed E-state index contributed by atoms with van der Waals surface area (Å²) in [5, 5.41) is 12.4. The van der Waals surface area contributed by atoms with Crippen molar-refractivity contribution < 1.29 is 9.53 Å². The summed E-state index contributed by atoms with van der Waals surface area (Å²) in [6, 6.07) is 8.15. The van der Waals surface area contributed by atoms with Crippen LogP contribution in [0.2, 0.25) is 0 Å². The summed E-state index contributed by atoms with van der Waals surface area (Å²) in [6.07, 6.45) is 3.98. The zero-order chi connectivity index (χ0) is 19.9. The van der Waals surface area contributed by atoms with Crippen molar-refractivity contribution in [2.75, 3.05) is 6.54 Å². The Labute approximate surface area is 171 Å². The SMILES string of the molecule is CCc1ccc(OCc2nnc(SC3CCCCNC3=O)n2CC(C)C)cc1. The van der Waals surface area contributed by atoms with Gasteiger partial charge in [0, 0.05) is 13.1 Å². The Morgan fingerprint density at radius 1 is 1.25 bits per heavy atom. The van der Waals surface area contributed by atoms with Crippen LogP contribution < -0.4 is 10.1 Å². The first kappa shape index (κ1) is 20.7. The van der Waals surface area contributed by atoms with E-state index in [9.17, 15) is 4.79 Å². The number of hydrogen-bond donors (Lipinski definition) is 1. The molecule has 1 atom stereocenters. The van der Waals surface area contributed by atoms with Gasteiger partial charge in [0.05, 0.1) is 5.25 Å². The standard InChI is InChI=1S/C21H30N4O2S/c1-4-16-8-10-17(11-9-16)27-14-19-23-24-21(25(19)13-15(2)3)28-18-7-5-6-12-22-20(18)26/h8-11,15,18H,4-7,12-14H2,1-3H3,(H,22,26). The van der Waals surface area contributed by atoms with Gasteiger partial charge in [-0.05, 0) is 42.9 Å². The molecule has 3 rings (SSSR count). The number of benzene rings is 1. The molecule has 1 aromatic heterocycles. The van der Waals surface area contributed by atoms with Crippen molar-refractivity contribution in [1.82, 2.24) is 20.1 Å². The van der Waals surface area contributed by atoms with E-state index in [1.165, 1.54) is 17.3 Å². The van der Waals surface area contributed by atoms with Gasteiger partial charge >= 0.3 is 0 Å². The Hall–Kier alpha value is -2.02. The zero-order valence-corrected chi connectivity index (χ0v) is 17.8. The first-order valence-corrected chi connectivity index (χ1v) is 11.0. The summed E-state index contributed by atoms with van der Waals surface area (Å²) in [5.41, 5.74) is 1.29. The number of amides is 1. The number of thioether (sulfide) groups is 1. The molecule has 2 heterocycles. The third-order valence-electron chi connectivity index (χ3n) is 4.77. The minimum absolute atomic E-state index is 0.104. The van der Waals surface area contributed by atoms with Crippen molar-refractivity contribution in [3.8, 4) is 5.75 Å². The maximum absolute atomic E-state index is 12.3. The molecule has 0 aliphatic carbocycles. The second-order valence-electron chi connectivity index (χ2n) is 7.58. The molecule has 1 aromatic carbocycles. The van der Waals surface area contributed by atoms with Gasteiger partial charge in [-0.25, -0.2) is 0 Å². The molecule has 2 aromatic rings. The predicted molar refractivity (Wildman–Crippen MR) is 112 cm³/mol. The van der Waals surface area contributed by atoms with E-state index in [4.69, 9.17) is 4.74 Å². The number of carbonyl (C=O) groups is 1. The van der Waals surface area contributed by atoms with Crippen LogP contribution in [0.1, 0.15) is 51.4 Å². The fraction of sp³-hybridized carbons (Fsp3) is 0.571. The average molecular weight is 403 g/mol. The molecule has 7 heteroatoms. The topological polar surface area (TPSA) is 69.0 Å². The van der Waals surface area contributed by atoms with Gasteiger partial charge in [0.15, 0.2) is 11.0 Å². The Bertz CT molecular complexity index is 773. The Morgan fingerprint density at radius 3 is 2.75 bits per heavy atom. The van der Waals surface area contributed by atoms with Gasteiger partial charge in [-0.3, -0.25) is 4.79 Å². The van der Waals surface area contributed by atoms with Gasteiger partial charge in [-0.2, -0.15) is 0 Å². The van der Waals surface area contributed by atoms with Crippen LogP contribution in [-0.2, 0) is 24.4 Å². The van der Waals surface area contributed by atoms with Gasteiger partial charge in [0.2, 0.25) is 5.91 Å². The van der Waals surface area contributed by atoms with E-state index in [0.29, 0.717) is 12.5 Å². The minimum Gasteiger partial charge on any atom is -0.486 e. The number of nitrogens with zero attached hydrogens (tertiary/aromatic N) is 3. The van der Waals surface area contributed by atoms with E-state index >= 15 is 0 Å². The molecule has 1 aliphatic rings. The molecule has 1 fully saturated rings. The molecule has 0 bridgehead atoms. The first-order valence-electron chi connectivity index (χ1n) is 10.1. The molecule has 1 unspecified atom stereocenters. The monoisotopic (exact) mass is 402 g/mol. The number of aromatic nitrogens is 3. The second kappa shape index (κ2) is 9.96. The summed E-state index contributed by atoms with van der Waals surface area (Å²) in [7, 11) is 0. The number of rotatable bonds is 8. The minimum atomic E-state index is -0.104. The molecule has 0 radical (unpaired) electrons. The van der Waals surface area contributed by atoms with Crippen LogP contribution in [-0.4, -0.2) is 32.5 Å². The smallest absolute Gasteiger partial charge is 0.233 e. The highest BCUT2D eigenvalue weighted by molar-refractivity contribution is 8.00. The van der Waals surface area contributed by atoms with Crippen molar-refractivity contribution in [3.05, 3.63) is 35.7 Å². The Morgan fingerprint density at radius 2 is 2.04 bits per heavy atom. The summed E-state index contributed by atoms with van der Waals surface area (Å²) in [5.74, 6) is 2.18. The Balaban J connectivity index is 1.72. The summed E-state index contributed by atoms with van der Waals surface area (Å²) in [6.45, 7) is 8.41. The number of aryl methyl sites for hydroxylation is 1. The van der Waals surface area contributed by atoms with Gasteiger partial charge < -0.3 is 14.6 Å². The number of carbonyl (C=O) groups excluding carboxylic acids is 1. The van der Waals surface area contributed by atoms with Gasteiger partial charge in [-0.1, -0.05) is 51.1 Å². The highest BCUT2D eigenvalue weighted by Crippen LogP contribution is 2.28. The molecule has 1 amide bonds. The fourth-order valence-corrected chi connectivity index (χ4v) is 4.31. The molecule has 6 nitrogen and oxygen atoms in total. The number of ether oxygens (including phenoxy) is 1. The lowest BCUT2D eigenvalue weighted by molar-refractivity contribution is -0.120. The molecule has 1 N–H and O–H groups in total. The molecule has 0 spiro atoms. The van der Waals surface area contributed by atoms with Crippen molar-refractivity contribution in [1.29, 1.82) is 0 Å². The van der Waals surface area contributed by atoms with Gasteiger partial charge in [0.1, 0.15) is 12.4 Å². The van der Waals surface area contributed by atoms with Crippen LogP contribution in [0.25, 0.3) is 0 Å². The molecule has 0 saturated carbocycles. The van der Waals surface area contributed by atoms with E-state index < -0.39 is 0 Å². The van der Waals surface area contributed by atoms with E-state index in [2.05, 4.69) is 53.0 Å².